The van der Waals surface area contributed by atoms with Gasteiger partial charge < -0.3 is 15.2 Å². The topological polar surface area (TPSA) is 56.7 Å². The summed E-state index contributed by atoms with van der Waals surface area (Å²) in [6.45, 7) is 1.57. The lowest BCUT2D eigenvalue weighted by atomic mass is 10.3. The summed E-state index contributed by atoms with van der Waals surface area (Å²) in [5.41, 5.74) is 0. The third-order valence-corrected chi connectivity index (χ3v) is 2.66. The number of aliphatic carboxylic acids is 1. The van der Waals surface area contributed by atoms with Crippen LogP contribution in [0.5, 0.6) is 0 Å². The highest BCUT2D eigenvalue weighted by Gasteiger charge is 1.95. The van der Waals surface area contributed by atoms with Gasteiger partial charge in [0.2, 0.25) is 0 Å². The molecule has 0 bridgehead atoms. The van der Waals surface area contributed by atoms with E-state index < -0.39 is 5.97 Å². The fourth-order valence-electron chi connectivity index (χ4n) is 1.06. The summed E-state index contributed by atoms with van der Waals surface area (Å²) in [4.78, 5) is 11.4. The molecule has 0 amide bonds. The number of thiophene rings is 1. The van der Waals surface area contributed by atoms with Gasteiger partial charge >= 0.3 is 0 Å². The predicted molar refractivity (Wildman–Crippen MR) is 49.3 cm³/mol. The van der Waals surface area contributed by atoms with Crippen molar-refractivity contribution >= 4 is 17.3 Å². The Morgan fingerprint density at radius 3 is 3.00 bits per heavy atom. The van der Waals surface area contributed by atoms with Crippen LogP contribution >= 0.6 is 11.3 Å². The first kappa shape index (κ1) is 10.2. The first-order valence-electron chi connectivity index (χ1n) is 4.33. The summed E-state index contributed by atoms with van der Waals surface area (Å²) in [5, 5.41) is 14.1. The van der Waals surface area contributed by atoms with Crippen molar-refractivity contribution < 1.29 is 15.2 Å². The summed E-state index contributed by atoms with van der Waals surface area (Å²) in [6, 6.07) is 4.12. The Hall–Kier alpha value is -0.870. The van der Waals surface area contributed by atoms with Crippen molar-refractivity contribution in [3.8, 4) is 0 Å². The van der Waals surface area contributed by atoms with Gasteiger partial charge in [-0.25, -0.2) is 0 Å². The third kappa shape index (κ3) is 4.65. The van der Waals surface area contributed by atoms with Gasteiger partial charge in [0, 0.05) is 23.7 Å². The largest absolute Gasteiger partial charge is 0.550 e. The second kappa shape index (κ2) is 5.72. The van der Waals surface area contributed by atoms with Crippen LogP contribution in [0.15, 0.2) is 17.5 Å². The van der Waals surface area contributed by atoms with Gasteiger partial charge in [-0.1, -0.05) is 6.07 Å². The van der Waals surface area contributed by atoms with E-state index in [0.29, 0.717) is 6.54 Å². The molecule has 3 nitrogen and oxygen atoms in total. The van der Waals surface area contributed by atoms with Gasteiger partial charge in [0.05, 0.1) is 13.1 Å². The van der Waals surface area contributed by atoms with Crippen molar-refractivity contribution in [3.05, 3.63) is 22.4 Å². The number of carbonyl (C=O) groups is 1. The average molecular weight is 199 g/mol. The molecule has 1 rings (SSSR count). The highest BCUT2D eigenvalue weighted by atomic mass is 32.1. The van der Waals surface area contributed by atoms with E-state index in [1.54, 1.807) is 11.3 Å². The van der Waals surface area contributed by atoms with Crippen LogP contribution in [0.25, 0.3) is 0 Å². The summed E-state index contributed by atoms with van der Waals surface area (Å²) < 4.78 is 0. The SMILES string of the molecule is O=C([O-])CC[NH2+]CCc1cccs1. The molecule has 72 valence electrons. The average Bonchev–Trinajstić information content (AvgIpc) is 2.55. The molecule has 13 heavy (non-hydrogen) atoms. The standard InChI is InChI=1S/C9H13NO2S/c11-9(12)4-6-10-5-3-8-2-1-7-13-8/h1-2,7,10H,3-6H2,(H,11,12). The minimum Gasteiger partial charge on any atom is -0.550 e. The summed E-state index contributed by atoms with van der Waals surface area (Å²) in [7, 11) is 0. The van der Waals surface area contributed by atoms with E-state index in [2.05, 4.69) is 11.4 Å². The van der Waals surface area contributed by atoms with Gasteiger partial charge in [0.15, 0.2) is 0 Å². The van der Waals surface area contributed by atoms with E-state index in [-0.39, 0.29) is 6.42 Å². The van der Waals surface area contributed by atoms with Crippen LogP contribution in [0.3, 0.4) is 0 Å². The van der Waals surface area contributed by atoms with E-state index >= 15 is 0 Å². The number of carboxylic acid groups (broad SMARTS) is 1. The molecule has 2 N–H and O–H groups in total. The minimum absolute atomic E-state index is 0.143. The fraction of sp³-hybridized carbons (Fsp3) is 0.444. The number of rotatable bonds is 6. The van der Waals surface area contributed by atoms with Gasteiger partial charge in [0.1, 0.15) is 0 Å². The molecule has 0 spiro atoms. The van der Waals surface area contributed by atoms with Crippen LogP contribution in [0, 0.1) is 0 Å². The molecule has 1 heterocycles. The molecule has 0 aromatic carbocycles. The van der Waals surface area contributed by atoms with E-state index in [9.17, 15) is 9.90 Å². The van der Waals surface area contributed by atoms with Crippen LogP contribution in [0.2, 0.25) is 0 Å². The van der Waals surface area contributed by atoms with Crippen LogP contribution in [0.1, 0.15) is 11.3 Å². The maximum absolute atomic E-state index is 10.1. The van der Waals surface area contributed by atoms with Crippen molar-refractivity contribution in [1.82, 2.24) is 0 Å². The maximum Gasteiger partial charge on any atom is 0.0808 e. The highest BCUT2D eigenvalue weighted by molar-refractivity contribution is 7.09. The molecule has 0 fully saturated rings. The molecule has 0 aliphatic carbocycles. The van der Waals surface area contributed by atoms with Gasteiger partial charge in [-0.05, 0) is 11.4 Å². The van der Waals surface area contributed by atoms with E-state index in [0.717, 1.165) is 13.0 Å². The van der Waals surface area contributed by atoms with Crippen LogP contribution in [0.4, 0.5) is 0 Å². The van der Waals surface area contributed by atoms with Crippen molar-refractivity contribution in [1.29, 1.82) is 0 Å². The summed E-state index contributed by atoms with van der Waals surface area (Å²) >= 11 is 1.74. The Morgan fingerprint density at radius 2 is 2.38 bits per heavy atom. The number of carbonyl (C=O) groups excluding carboxylic acids is 1. The van der Waals surface area contributed by atoms with Crippen LogP contribution in [-0.2, 0) is 11.2 Å². The van der Waals surface area contributed by atoms with Crippen molar-refractivity contribution in [2.45, 2.75) is 12.8 Å². The maximum atomic E-state index is 10.1. The Balaban J connectivity index is 1.99. The monoisotopic (exact) mass is 199 g/mol. The zero-order valence-corrected chi connectivity index (χ0v) is 8.18. The van der Waals surface area contributed by atoms with Gasteiger partial charge in [0.25, 0.3) is 0 Å². The van der Waals surface area contributed by atoms with Crippen LogP contribution in [-0.4, -0.2) is 19.1 Å². The number of quaternary nitrogens is 1. The number of hydrogen-bond donors (Lipinski definition) is 1. The molecule has 4 heteroatoms. The Kier molecular flexibility index (Phi) is 4.49. The number of carboxylic acids is 1. The lowest BCUT2D eigenvalue weighted by Crippen LogP contribution is -2.85. The van der Waals surface area contributed by atoms with E-state index in [1.807, 2.05) is 11.4 Å². The molecule has 1 aromatic heterocycles. The van der Waals surface area contributed by atoms with E-state index in [4.69, 9.17) is 0 Å². The molecule has 0 saturated carbocycles. The smallest absolute Gasteiger partial charge is 0.0808 e. The summed E-state index contributed by atoms with van der Waals surface area (Å²) in [5.74, 6) is -0.965. The normalized spacial score (nSPS) is 10.2. The van der Waals surface area contributed by atoms with Gasteiger partial charge in [-0.15, -0.1) is 11.3 Å². The molecular formula is C9H13NO2S. The Labute approximate surface area is 81.4 Å². The van der Waals surface area contributed by atoms with Crippen molar-refractivity contribution in [2.24, 2.45) is 0 Å². The quantitative estimate of drug-likeness (QED) is 0.597. The lowest BCUT2D eigenvalue weighted by Gasteiger charge is -2.01. The zero-order chi connectivity index (χ0) is 9.52. The molecule has 0 unspecified atom stereocenters. The molecule has 0 atom stereocenters. The van der Waals surface area contributed by atoms with Crippen LogP contribution < -0.4 is 10.4 Å². The fourth-order valence-corrected chi connectivity index (χ4v) is 1.79. The Morgan fingerprint density at radius 1 is 1.54 bits per heavy atom. The van der Waals surface area contributed by atoms with Crippen molar-refractivity contribution in [2.75, 3.05) is 13.1 Å². The number of hydrogen-bond acceptors (Lipinski definition) is 3. The third-order valence-electron chi connectivity index (χ3n) is 1.73. The van der Waals surface area contributed by atoms with E-state index in [1.165, 1.54) is 4.88 Å². The molecular weight excluding hydrogens is 186 g/mol. The Bertz CT molecular complexity index is 246. The highest BCUT2D eigenvalue weighted by Crippen LogP contribution is 2.07. The van der Waals surface area contributed by atoms with Gasteiger partial charge in [-0.2, -0.15) is 0 Å². The lowest BCUT2D eigenvalue weighted by molar-refractivity contribution is -0.653. The molecule has 0 aliphatic rings. The second-order valence-electron chi connectivity index (χ2n) is 2.82. The number of nitrogens with two attached hydrogens (primary N) is 1. The minimum atomic E-state index is -0.965. The second-order valence-corrected chi connectivity index (χ2v) is 3.85. The summed E-state index contributed by atoms with van der Waals surface area (Å²) in [6.07, 6.45) is 1.16. The predicted octanol–water partition coefficient (Wildman–Crippen LogP) is -1.01. The van der Waals surface area contributed by atoms with Gasteiger partial charge in [-0.3, -0.25) is 0 Å². The van der Waals surface area contributed by atoms with Crippen molar-refractivity contribution in [3.63, 3.8) is 0 Å². The first-order valence-corrected chi connectivity index (χ1v) is 5.21. The zero-order valence-electron chi connectivity index (χ0n) is 7.36. The molecule has 0 saturated heterocycles. The molecule has 1 aromatic rings. The molecule has 0 radical (unpaired) electrons. The molecule has 0 aliphatic heterocycles. The first-order chi connectivity index (χ1) is 6.29.